The van der Waals surface area contributed by atoms with Crippen LogP contribution in [-0.2, 0) is 17.4 Å². The van der Waals surface area contributed by atoms with Gasteiger partial charge in [-0.2, -0.15) is 13.2 Å². The number of likely N-dealkylation sites (tertiary alicyclic amines) is 1. The molecule has 2 aliphatic rings. The van der Waals surface area contributed by atoms with Gasteiger partial charge < -0.3 is 14.2 Å². The number of aromatic nitrogens is 2. The molecule has 9 heteroatoms. The number of piperidine rings is 2. The number of nitrogens with zero attached hydrogens (tertiary/aromatic N) is 4. The minimum absolute atomic E-state index is 0.00997. The number of benzene rings is 2. The first-order valence-corrected chi connectivity index (χ1v) is 12.5. The maximum Gasteiger partial charge on any atom is 0.416 e. The molecular weight excluding hydrogens is 469 g/mol. The molecule has 0 atom stereocenters. The Morgan fingerprint density at radius 1 is 0.889 bits per heavy atom. The fourth-order valence-corrected chi connectivity index (χ4v) is 5.14. The van der Waals surface area contributed by atoms with Crippen molar-refractivity contribution in [1.29, 1.82) is 0 Å². The van der Waals surface area contributed by atoms with Gasteiger partial charge in [0.25, 0.3) is 0 Å². The molecule has 0 aliphatic carbocycles. The largest absolute Gasteiger partial charge is 0.416 e. The van der Waals surface area contributed by atoms with E-state index in [0.29, 0.717) is 44.0 Å². The first-order chi connectivity index (χ1) is 17.4. The van der Waals surface area contributed by atoms with E-state index in [1.54, 1.807) is 12.1 Å². The highest BCUT2D eigenvalue weighted by atomic mass is 19.4. The number of rotatable bonds is 5. The zero-order valence-electron chi connectivity index (χ0n) is 20.0. The van der Waals surface area contributed by atoms with E-state index in [-0.39, 0.29) is 11.8 Å². The van der Waals surface area contributed by atoms with Gasteiger partial charge >= 0.3 is 12.2 Å². The maximum atomic E-state index is 13.1. The Balaban J connectivity index is 1.08. The molecule has 2 saturated heterocycles. The summed E-state index contributed by atoms with van der Waals surface area (Å²) in [4.78, 5) is 17.1. The smallest absolute Gasteiger partial charge is 0.403 e. The second-order valence-electron chi connectivity index (χ2n) is 9.68. The van der Waals surface area contributed by atoms with Crippen molar-refractivity contribution in [3.63, 3.8) is 0 Å². The van der Waals surface area contributed by atoms with Crippen LogP contribution in [0.5, 0.6) is 0 Å². The number of amides is 1. The standard InChI is InChI=1S/C27H29F3N4O2/c28-27(29,30)23-8-6-19(7-9-23)18-20-10-14-33(15-11-20)25(35)22-12-16-34(17-13-22)26-32-31-24(36-26)21-4-2-1-3-5-21/h1-9,20,22H,10-18H2. The summed E-state index contributed by atoms with van der Waals surface area (Å²) in [6.07, 6.45) is -0.336. The SMILES string of the molecule is O=C(C1CCN(c2nnc(-c3ccccc3)o2)CC1)N1CCC(Cc2ccc(C(F)(F)F)cc2)CC1. The molecule has 0 bridgehead atoms. The normalized spacial score (nSPS) is 18.0. The molecule has 0 saturated carbocycles. The number of hydrogen-bond donors (Lipinski definition) is 0. The zero-order chi connectivity index (χ0) is 25.1. The summed E-state index contributed by atoms with van der Waals surface area (Å²) in [7, 11) is 0. The van der Waals surface area contributed by atoms with Crippen LogP contribution < -0.4 is 4.90 Å². The molecule has 5 rings (SSSR count). The zero-order valence-corrected chi connectivity index (χ0v) is 20.0. The third-order valence-electron chi connectivity index (χ3n) is 7.28. The molecule has 1 amide bonds. The topological polar surface area (TPSA) is 62.5 Å². The summed E-state index contributed by atoms with van der Waals surface area (Å²) in [6, 6.07) is 15.6. The third kappa shape index (κ3) is 5.55. The summed E-state index contributed by atoms with van der Waals surface area (Å²) < 4.78 is 44.2. The number of hydrogen-bond acceptors (Lipinski definition) is 5. The van der Waals surface area contributed by atoms with Gasteiger partial charge in [0, 0.05) is 37.7 Å². The van der Waals surface area contributed by atoms with Crippen molar-refractivity contribution in [3.05, 3.63) is 65.7 Å². The molecule has 190 valence electrons. The van der Waals surface area contributed by atoms with E-state index in [9.17, 15) is 18.0 Å². The lowest BCUT2D eigenvalue weighted by Gasteiger charge is -2.37. The third-order valence-corrected chi connectivity index (χ3v) is 7.28. The second-order valence-corrected chi connectivity index (χ2v) is 9.68. The van der Waals surface area contributed by atoms with Gasteiger partial charge in [0.1, 0.15) is 0 Å². The average Bonchev–Trinajstić information content (AvgIpc) is 3.40. The van der Waals surface area contributed by atoms with Crippen LogP contribution in [-0.4, -0.2) is 47.2 Å². The highest BCUT2D eigenvalue weighted by Gasteiger charge is 2.33. The van der Waals surface area contributed by atoms with Crippen LogP contribution in [0.3, 0.4) is 0 Å². The lowest BCUT2D eigenvalue weighted by molar-refractivity contribution is -0.138. The predicted octanol–water partition coefficient (Wildman–Crippen LogP) is 5.45. The molecule has 0 spiro atoms. The average molecular weight is 499 g/mol. The molecule has 3 heterocycles. The van der Waals surface area contributed by atoms with Gasteiger partial charge in [-0.25, -0.2) is 0 Å². The molecule has 2 aromatic carbocycles. The molecule has 6 nitrogen and oxygen atoms in total. The van der Waals surface area contributed by atoms with Gasteiger partial charge in [-0.1, -0.05) is 35.4 Å². The summed E-state index contributed by atoms with van der Waals surface area (Å²) in [6.45, 7) is 2.79. The summed E-state index contributed by atoms with van der Waals surface area (Å²) in [5, 5.41) is 8.35. The van der Waals surface area contributed by atoms with E-state index in [1.807, 2.05) is 40.1 Å². The van der Waals surface area contributed by atoms with Crippen LogP contribution in [0.25, 0.3) is 11.5 Å². The lowest BCUT2D eigenvalue weighted by atomic mass is 9.88. The Kier molecular flexibility index (Phi) is 6.98. The number of carbonyl (C=O) groups is 1. The molecule has 0 radical (unpaired) electrons. The van der Waals surface area contributed by atoms with E-state index in [2.05, 4.69) is 10.2 Å². The highest BCUT2D eigenvalue weighted by molar-refractivity contribution is 5.79. The minimum atomic E-state index is -4.31. The molecule has 1 aromatic heterocycles. The molecule has 2 aliphatic heterocycles. The Morgan fingerprint density at radius 3 is 2.19 bits per heavy atom. The molecule has 0 unspecified atom stereocenters. The van der Waals surface area contributed by atoms with E-state index in [1.165, 1.54) is 0 Å². The Labute approximate surface area is 208 Å². The summed E-state index contributed by atoms with van der Waals surface area (Å²) in [5.41, 5.74) is 1.17. The fourth-order valence-electron chi connectivity index (χ4n) is 5.14. The van der Waals surface area contributed by atoms with E-state index in [0.717, 1.165) is 55.4 Å². The first kappa shape index (κ1) is 24.3. The van der Waals surface area contributed by atoms with E-state index < -0.39 is 11.7 Å². The summed E-state index contributed by atoms with van der Waals surface area (Å²) >= 11 is 0. The fraction of sp³-hybridized carbons (Fsp3) is 0.444. The van der Waals surface area contributed by atoms with E-state index in [4.69, 9.17) is 4.42 Å². The summed E-state index contributed by atoms with van der Waals surface area (Å²) in [5.74, 6) is 1.06. The quantitative estimate of drug-likeness (QED) is 0.468. The number of alkyl halides is 3. The minimum Gasteiger partial charge on any atom is -0.403 e. The Bertz CT molecular complexity index is 1150. The van der Waals surface area contributed by atoms with Gasteiger partial charge in [0.15, 0.2) is 0 Å². The van der Waals surface area contributed by atoms with Crippen molar-refractivity contribution in [2.45, 2.75) is 38.3 Å². The van der Waals surface area contributed by atoms with Gasteiger partial charge in [-0.05, 0) is 67.9 Å². The van der Waals surface area contributed by atoms with Crippen molar-refractivity contribution in [1.82, 2.24) is 15.1 Å². The number of halogens is 3. The predicted molar refractivity (Wildman–Crippen MR) is 129 cm³/mol. The van der Waals surface area contributed by atoms with Crippen LogP contribution in [0.2, 0.25) is 0 Å². The van der Waals surface area contributed by atoms with E-state index >= 15 is 0 Å². The molecule has 36 heavy (non-hydrogen) atoms. The van der Waals surface area contributed by atoms with Crippen LogP contribution in [0.4, 0.5) is 19.2 Å². The maximum absolute atomic E-state index is 13.1. The van der Waals surface area contributed by atoms with Crippen LogP contribution >= 0.6 is 0 Å². The first-order valence-electron chi connectivity index (χ1n) is 12.5. The lowest BCUT2D eigenvalue weighted by Crippen LogP contribution is -2.45. The molecule has 3 aromatic rings. The van der Waals surface area contributed by atoms with Gasteiger partial charge in [-0.3, -0.25) is 4.79 Å². The van der Waals surface area contributed by atoms with Gasteiger partial charge in [0.05, 0.1) is 5.56 Å². The molecule has 0 N–H and O–H groups in total. The van der Waals surface area contributed by atoms with Crippen molar-refractivity contribution in [2.24, 2.45) is 11.8 Å². The molecule has 2 fully saturated rings. The van der Waals surface area contributed by atoms with Gasteiger partial charge in [-0.15, -0.1) is 5.10 Å². The highest BCUT2D eigenvalue weighted by Crippen LogP contribution is 2.31. The monoisotopic (exact) mass is 498 g/mol. The van der Waals surface area contributed by atoms with Crippen LogP contribution in [0.15, 0.2) is 59.0 Å². The Morgan fingerprint density at radius 2 is 1.56 bits per heavy atom. The second kappa shape index (κ2) is 10.3. The Hall–Kier alpha value is -3.36. The van der Waals surface area contributed by atoms with Crippen molar-refractivity contribution in [2.75, 3.05) is 31.1 Å². The number of carbonyl (C=O) groups excluding carboxylic acids is 1. The van der Waals surface area contributed by atoms with Crippen LogP contribution in [0.1, 0.15) is 36.8 Å². The van der Waals surface area contributed by atoms with Crippen molar-refractivity contribution >= 4 is 11.9 Å². The number of anilines is 1. The van der Waals surface area contributed by atoms with Gasteiger partial charge in [0.2, 0.25) is 11.8 Å². The molecular formula is C27H29F3N4O2. The van der Waals surface area contributed by atoms with Crippen molar-refractivity contribution < 1.29 is 22.4 Å². The van der Waals surface area contributed by atoms with Crippen molar-refractivity contribution in [3.8, 4) is 11.5 Å². The van der Waals surface area contributed by atoms with Crippen LogP contribution in [0, 0.1) is 11.8 Å².